The largest absolute Gasteiger partial charge is 0.506 e. The second kappa shape index (κ2) is 4.17. The molecule has 0 spiro atoms. The number of nitrogens with zero attached hydrogens (tertiary/aromatic N) is 2. The van der Waals surface area contributed by atoms with Crippen LogP contribution in [0.15, 0.2) is 51.5 Å². The summed E-state index contributed by atoms with van der Waals surface area (Å²) < 4.78 is 10.6. The zero-order valence-corrected chi connectivity index (χ0v) is 10.6. The van der Waals surface area contributed by atoms with Crippen LogP contribution in [0.25, 0.3) is 23.0 Å². The summed E-state index contributed by atoms with van der Waals surface area (Å²) in [5, 5.41) is 17.9. The molecule has 3 aromatic rings. The van der Waals surface area contributed by atoms with Gasteiger partial charge in [0.1, 0.15) is 11.3 Å². The monoisotopic (exact) mass is 280 g/mol. The quantitative estimate of drug-likeness (QED) is 0.776. The first-order valence-corrected chi connectivity index (χ1v) is 6.21. The molecule has 0 fully saturated rings. The van der Waals surface area contributed by atoms with Crippen molar-refractivity contribution < 1.29 is 18.7 Å². The molecule has 0 radical (unpaired) electrons. The molecule has 0 aliphatic heterocycles. The minimum absolute atomic E-state index is 0.0153. The number of hydrogen-bond donors (Lipinski definition) is 1. The van der Waals surface area contributed by atoms with Gasteiger partial charge in [-0.15, -0.1) is 10.2 Å². The Morgan fingerprint density at radius 2 is 1.71 bits per heavy atom. The van der Waals surface area contributed by atoms with Crippen molar-refractivity contribution in [3.8, 4) is 11.7 Å². The van der Waals surface area contributed by atoms with E-state index >= 15 is 0 Å². The maximum atomic E-state index is 12.3. The van der Waals surface area contributed by atoms with Gasteiger partial charge in [0.2, 0.25) is 5.78 Å². The second-order valence-corrected chi connectivity index (χ2v) is 4.49. The summed E-state index contributed by atoms with van der Waals surface area (Å²) in [6.45, 7) is 0. The van der Waals surface area contributed by atoms with E-state index in [1.165, 1.54) is 6.26 Å². The van der Waals surface area contributed by atoms with Crippen LogP contribution >= 0.6 is 0 Å². The zero-order valence-electron chi connectivity index (χ0n) is 10.6. The number of aliphatic hydroxyl groups is 1. The fraction of sp³-hybridized carbons (Fsp3) is 0. The van der Waals surface area contributed by atoms with Crippen LogP contribution in [0.5, 0.6) is 0 Å². The van der Waals surface area contributed by atoms with E-state index in [1.54, 1.807) is 36.4 Å². The number of benzene rings is 1. The Bertz CT molecular complexity index is 875. The van der Waals surface area contributed by atoms with Crippen LogP contribution in [0.1, 0.15) is 21.8 Å². The molecule has 0 saturated heterocycles. The van der Waals surface area contributed by atoms with Gasteiger partial charge in [0.25, 0.3) is 11.8 Å². The number of fused-ring (bicyclic) bond motifs is 1. The summed E-state index contributed by atoms with van der Waals surface area (Å²) in [7, 11) is 0. The Balaban J connectivity index is 1.82. The molecule has 0 saturated carbocycles. The third kappa shape index (κ3) is 1.62. The molecule has 1 aliphatic rings. The second-order valence-electron chi connectivity index (χ2n) is 4.49. The van der Waals surface area contributed by atoms with E-state index in [4.69, 9.17) is 8.83 Å². The highest BCUT2D eigenvalue weighted by atomic mass is 16.4. The van der Waals surface area contributed by atoms with Gasteiger partial charge >= 0.3 is 0 Å². The van der Waals surface area contributed by atoms with Gasteiger partial charge in [-0.2, -0.15) is 0 Å². The summed E-state index contributed by atoms with van der Waals surface area (Å²) >= 11 is 0. The number of hydrogen-bond acceptors (Lipinski definition) is 6. The van der Waals surface area contributed by atoms with Crippen molar-refractivity contribution in [1.82, 2.24) is 10.2 Å². The Morgan fingerprint density at radius 3 is 2.43 bits per heavy atom. The van der Waals surface area contributed by atoms with Crippen molar-refractivity contribution >= 4 is 17.1 Å². The van der Waals surface area contributed by atoms with Gasteiger partial charge in [-0.05, 0) is 12.1 Å². The van der Waals surface area contributed by atoms with Gasteiger partial charge < -0.3 is 13.9 Å². The summed E-state index contributed by atoms with van der Waals surface area (Å²) in [6.07, 6.45) is 1.48. The highest BCUT2D eigenvalue weighted by Crippen LogP contribution is 2.36. The number of rotatable bonds is 2. The highest BCUT2D eigenvalue weighted by Gasteiger charge is 2.34. The third-order valence-electron chi connectivity index (χ3n) is 3.26. The van der Waals surface area contributed by atoms with E-state index in [-0.39, 0.29) is 28.9 Å². The van der Waals surface area contributed by atoms with Crippen LogP contribution in [0.3, 0.4) is 0 Å². The number of carbonyl (C=O) groups excluding carboxylic acids is 1. The number of Topliss-reactive ketones (excluding diaryl/α,β-unsaturated/α-hetero) is 1. The predicted octanol–water partition coefficient (Wildman–Crippen LogP) is 2.95. The molecule has 0 atom stereocenters. The van der Waals surface area contributed by atoms with Crippen LogP contribution in [0, 0.1) is 0 Å². The van der Waals surface area contributed by atoms with Crippen molar-refractivity contribution in [1.29, 1.82) is 0 Å². The lowest BCUT2D eigenvalue weighted by molar-refractivity contribution is 0.105. The van der Waals surface area contributed by atoms with Crippen LogP contribution in [0.2, 0.25) is 0 Å². The predicted molar refractivity (Wildman–Crippen MR) is 72.2 cm³/mol. The average molecular weight is 280 g/mol. The number of carbonyl (C=O) groups is 1. The maximum Gasteiger partial charge on any atom is 0.283 e. The number of furan rings is 1. The van der Waals surface area contributed by atoms with Gasteiger partial charge in [-0.3, -0.25) is 4.79 Å². The van der Waals surface area contributed by atoms with E-state index in [0.717, 1.165) is 0 Å². The van der Waals surface area contributed by atoms with E-state index in [9.17, 15) is 9.90 Å². The third-order valence-corrected chi connectivity index (χ3v) is 3.26. The molecule has 102 valence electrons. The fourth-order valence-corrected chi connectivity index (χ4v) is 2.29. The first-order valence-electron chi connectivity index (χ1n) is 6.21. The van der Waals surface area contributed by atoms with Gasteiger partial charge in [0, 0.05) is 11.1 Å². The van der Waals surface area contributed by atoms with E-state index < -0.39 is 0 Å². The molecule has 1 aromatic carbocycles. The van der Waals surface area contributed by atoms with Gasteiger partial charge in [-0.25, -0.2) is 0 Å². The normalized spacial score (nSPS) is 13.8. The smallest absolute Gasteiger partial charge is 0.283 e. The molecule has 0 amide bonds. The number of allylic oxidation sites excluding steroid dienone is 1. The molecule has 4 rings (SSSR count). The Kier molecular flexibility index (Phi) is 2.32. The minimum Gasteiger partial charge on any atom is -0.506 e. The molecule has 6 nitrogen and oxygen atoms in total. The number of ketones is 1. The number of aromatic nitrogens is 2. The standard InChI is InChI=1S/C15H8N2O4/c18-12-8-4-1-2-5-9(8)13(19)11(12)15-17-16-14(21-15)10-6-3-7-20-10/h1-7,18H. The van der Waals surface area contributed by atoms with Gasteiger partial charge in [0.05, 0.1) is 6.26 Å². The molecule has 0 unspecified atom stereocenters. The van der Waals surface area contributed by atoms with E-state index in [0.29, 0.717) is 16.9 Å². The van der Waals surface area contributed by atoms with Crippen LogP contribution in [0.4, 0.5) is 0 Å². The lowest BCUT2D eigenvalue weighted by atomic mass is 10.1. The SMILES string of the molecule is O=C1C(c2nnc(-c3ccco3)o2)=C(O)c2ccccc21. The molecular weight excluding hydrogens is 272 g/mol. The molecular formula is C15H8N2O4. The maximum absolute atomic E-state index is 12.3. The first-order chi connectivity index (χ1) is 10.3. The topological polar surface area (TPSA) is 89.4 Å². The molecule has 1 N–H and O–H groups in total. The summed E-state index contributed by atoms with van der Waals surface area (Å²) in [4.78, 5) is 12.3. The first kappa shape index (κ1) is 11.7. The van der Waals surface area contributed by atoms with Crippen LogP contribution in [-0.4, -0.2) is 21.1 Å². The van der Waals surface area contributed by atoms with Crippen molar-refractivity contribution in [2.45, 2.75) is 0 Å². The lowest BCUT2D eigenvalue weighted by Gasteiger charge is -1.95. The summed E-state index contributed by atoms with van der Waals surface area (Å²) in [5.74, 6) is 0.0407. The van der Waals surface area contributed by atoms with Crippen LogP contribution in [-0.2, 0) is 0 Å². The summed E-state index contributed by atoms with van der Waals surface area (Å²) in [5.41, 5.74) is 0.902. The molecule has 2 aromatic heterocycles. The van der Waals surface area contributed by atoms with Crippen molar-refractivity contribution in [2.75, 3.05) is 0 Å². The van der Waals surface area contributed by atoms with Crippen molar-refractivity contribution in [2.24, 2.45) is 0 Å². The molecule has 6 heteroatoms. The van der Waals surface area contributed by atoms with Crippen molar-refractivity contribution in [3.05, 3.63) is 59.7 Å². The molecule has 21 heavy (non-hydrogen) atoms. The van der Waals surface area contributed by atoms with Gasteiger partial charge in [-0.1, -0.05) is 24.3 Å². The minimum atomic E-state index is -0.335. The fourth-order valence-electron chi connectivity index (χ4n) is 2.29. The molecule has 1 aliphatic carbocycles. The number of aliphatic hydroxyl groups excluding tert-OH is 1. The van der Waals surface area contributed by atoms with Gasteiger partial charge in [0.15, 0.2) is 5.76 Å². The van der Waals surface area contributed by atoms with Crippen molar-refractivity contribution in [3.63, 3.8) is 0 Å². The Labute approximate surface area is 118 Å². The molecule has 0 bridgehead atoms. The van der Waals surface area contributed by atoms with E-state index in [1.807, 2.05) is 0 Å². The average Bonchev–Trinajstić information content (AvgIpc) is 3.21. The van der Waals surface area contributed by atoms with Crippen LogP contribution < -0.4 is 0 Å². The molecule has 2 heterocycles. The zero-order chi connectivity index (χ0) is 14.4. The Hall–Kier alpha value is -3.15. The van der Waals surface area contributed by atoms with E-state index in [2.05, 4.69) is 10.2 Å². The highest BCUT2D eigenvalue weighted by molar-refractivity contribution is 6.38. The Morgan fingerprint density at radius 1 is 0.952 bits per heavy atom. The summed E-state index contributed by atoms with van der Waals surface area (Å²) in [6, 6.07) is 10.1. The lowest BCUT2D eigenvalue weighted by Crippen LogP contribution is -1.98.